The van der Waals surface area contributed by atoms with Crippen LogP contribution in [-0.2, 0) is 0 Å². The Bertz CT molecular complexity index is 1420. The summed E-state index contributed by atoms with van der Waals surface area (Å²) in [6.07, 6.45) is 1.55. The second-order valence-corrected chi connectivity index (χ2v) is 7.66. The van der Waals surface area contributed by atoms with Crippen LogP contribution in [0.1, 0.15) is 12.6 Å². The van der Waals surface area contributed by atoms with Gasteiger partial charge in [0.1, 0.15) is 12.0 Å². The summed E-state index contributed by atoms with van der Waals surface area (Å²) in [7, 11) is 0. The highest BCUT2D eigenvalue weighted by atomic mass is 15.2. The number of nitrogens with zero attached hydrogens (tertiary/aromatic N) is 4. The van der Waals surface area contributed by atoms with Crippen LogP contribution in [0.25, 0.3) is 21.7 Å². The molecule has 0 bridgehead atoms. The van der Waals surface area contributed by atoms with E-state index in [2.05, 4.69) is 63.5 Å². The Kier molecular flexibility index (Phi) is 5.03. The first kappa shape index (κ1) is 19.8. The van der Waals surface area contributed by atoms with Crippen molar-refractivity contribution in [1.82, 2.24) is 15.0 Å². The van der Waals surface area contributed by atoms with Crippen molar-refractivity contribution in [2.45, 2.75) is 13.8 Å². The first-order valence-electron chi connectivity index (χ1n) is 10.6. The summed E-state index contributed by atoms with van der Waals surface area (Å²) in [5.41, 5.74) is 10.9. The number of nitrogen functional groups attached to an aromatic ring is 1. The summed E-state index contributed by atoms with van der Waals surface area (Å²) in [4.78, 5) is 15.8. The van der Waals surface area contributed by atoms with E-state index in [9.17, 15) is 0 Å². The van der Waals surface area contributed by atoms with E-state index < -0.39 is 0 Å². The van der Waals surface area contributed by atoms with E-state index in [4.69, 9.17) is 10.7 Å². The fourth-order valence-electron chi connectivity index (χ4n) is 4.05. The van der Waals surface area contributed by atoms with Crippen molar-refractivity contribution < 1.29 is 0 Å². The first-order valence-corrected chi connectivity index (χ1v) is 10.6. The van der Waals surface area contributed by atoms with Gasteiger partial charge >= 0.3 is 0 Å². The third-order valence-corrected chi connectivity index (χ3v) is 5.60. The van der Waals surface area contributed by atoms with Crippen molar-refractivity contribution in [3.8, 4) is 0 Å². The molecule has 5 aromatic rings. The van der Waals surface area contributed by atoms with Crippen LogP contribution in [-0.4, -0.2) is 21.5 Å². The SMILES string of the molecule is CCN(c1ncnc(Nc2cccc3ccc(C)nc23)c1N)c1cccc2ccccc12. The fraction of sp³-hybridized carbons (Fsp3) is 0.115. The number of nitrogens with one attached hydrogen (secondary N) is 1. The summed E-state index contributed by atoms with van der Waals surface area (Å²) in [6.45, 7) is 4.79. The predicted molar refractivity (Wildman–Crippen MR) is 133 cm³/mol. The second-order valence-electron chi connectivity index (χ2n) is 7.66. The van der Waals surface area contributed by atoms with Gasteiger partial charge in [-0.05, 0) is 37.4 Å². The quantitative estimate of drug-likeness (QED) is 0.365. The minimum Gasteiger partial charge on any atom is -0.393 e. The lowest BCUT2D eigenvalue weighted by molar-refractivity contribution is 0.985. The molecule has 6 heteroatoms. The topological polar surface area (TPSA) is 80.0 Å². The Balaban J connectivity index is 1.59. The van der Waals surface area contributed by atoms with Gasteiger partial charge in [0.15, 0.2) is 11.6 Å². The molecule has 3 aromatic carbocycles. The van der Waals surface area contributed by atoms with E-state index in [1.54, 1.807) is 6.33 Å². The lowest BCUT2D eigenvalue weighted by atomic mass is 10.1. The highest BCUT2D eigenvalue weighted by Gasteiger charge is 2.18. The maximum absolute atomic E-state index is 6.61. The number of hydrogen-bond acceptors (Lipinski definition) is 6. The molecule has 0 radical (unpaired) electrons. The highest BCUT2D eigenvalue weighted by molar-refractivity contribution is 5.98. The third-order valence-electron chi connectivity index (χ3n) is 5.60. The Labute approximate surface area is 186 Å². The Morgan fingerprint density at radius 2 is 1.66 bits per heavy atom. The molecular formula is C26H24N6. The molecule has 2 aromatic heterocycles. The standard InChI is InChI=1S/C26H24N6/c1-3-32(22-13-7-9-18-8-4-5-11-20(18)22)26-23(27)25(28-16-29-26)31-21-12-6-10-19-15-14-17(2)30-24(19)21/h4-16H,3,27H2,1-2H3,(H,28,29,31). The van der Waals surface area contributed by atoms with Crippen molar-refractivity contribution >= 4 is 50.4 Å². The number of fused-ring (bicyclic) bond motifs is 2. The second kappa shape index (κ2) is 8.15. The van der Waals surface area contributed by atoms with Crippen LogP contribution in [0, 0.1) is 6.92 Å². The van der Waals surface area contributed by atoms with E-state index in [1.165, 1.54) is 5.39 Å². The molecule has 6 nitrogen and oxygen atoms in total. The fourth-order valence-corrected chi connectivity index (χ4v) is 4.05. The molecule has 0 amide bonds. The molecular weight excluding hydrogens is 396 g/mol. The maximum atomic E-state index is 6.61. The average molecular weight is 421 g/mol. The summed E-state index contributed by atoms with van der Waals surface area (Å²) < 4.78 is 0. The average Bonchev–Trinajstić information content (AvgIpc) is 2.82. The van der Waals surface area contributed by atoms with Crippen LogP contribution >= 0.6 is 0 Å². The highest BCUT2D eigenvalue weighted by Crippen LogP contribution is 2.37. The third kappa shape index (κ3) is 3.46. The van der Waals surface area contributed by atoms with Gasteiger partial charge in [-0.3, -0.25) is 4.98 Å². The Hall–Kier alpha value is -4.19. The number of aryl methyl sites for hydroxylation is 1. The molecule has 32 heavy (non-hydrogen) atoms. The number of rotatable bonds is 5. The number of para-hydroxylation sites is 1. The van der Waals surface area contributed by atoms with Crippen molar-refractivity contribution in [3.05, 3.63) is 84.8 Å². The van der Waals surface area contributed by atoms with Crippen LogP contribution in [0.4, 0.5) is 28.7 Å². The number of anilines is 5. The molecule has 0 spiro atoms. The van der Waals surface area contributed by atoms with Crippen LogP contribution in [0.2, 0.25) is 0 Å². The van der Waals surface area contributed by atoms with Crippen molar-refractivity contribution in [2.24, 2.45) is 0 Å². The molecule has 0 aliphatic rings. The molecule has 0 atom stereocenters. The lowest BCUT2D eigenvalue weighted by Crippen LogP contribution is -2.20. The van der Waals surface area contributed by atoms with Crippen LogP contribution in [0.3, 0.4) is 0 Å². The van der Waals surface area contributed by atoms with E-state index in [-0.39, 0.29) is 0 Å². The number of aromatic nitrogens is 3. The zero-order valence-electron chi connectivity index (χ0n) is 18.1. The molecule has 5 rings (SSSR count). The minimum atomic E-state index is 0.493. The Morgan fingerprint density at radius 1 is 0.875 bits per heavy atom. The molecule has 0 aliphatic carbocycles. The molecule has 0 aliphatic heterocycles. The summed E-state index contributed by atoms with van der Waals surface area (Å²) >= 11 is 0. The molecule has 158 valence electrons. The van der Waals surface area contributed by atoms with Gasteiger partial charge < -0.3 is 16.0 Å². The van der Waals surface area contributed by atoms with Gasteiger partial charge in [0.05, 0.1) is 16.9 Å². The maximum Gasteiger partial charge on any atom is 0.161 e. The zero-order valence-corrected chi connectivity index (χ0v) is 18.1. The monoisotopic (exact) mass is 420 g/mol. The van der Waals surface area contributed by atoms with E-state index in [0.717, 1.165) is 33.4 Å². The zero-order chi connectivity index (χ0) is 22.1. The smallest absolute Gasteiger partial charge is 0.161 e. The molecule has 0 fully saturated rings. The lowest BCUT2D eigenvalue weighted by Gasteiger charge is -2.25. The van der Waals surface area contributed by atoms with Gasteiger partial charge in [-0.15, -0.1) is 0 Å². The summed E-state index contributed by atoms with van der Waals surface area (Å²) in [5, 5.41) is 6.76. The van der Waals surface area contributed by atoms with Crippen LogP contribution < -0.4 is 16.0 Å². The molecule has 2 heterocycles. The first-order chi connectivity index (χ1) is 15.7. The van der Waals surface area contributed by atoms with Gasteiger partial charge in [-0.1, -0.05) is 54.6 Å². The van der Waals surface area contributed by atoms with Gasteiger partial charge in [0.25, 0.3) is 0 Å². The number of hydrogen-bond donors (Lipinski definition) is 2. The van der Waals surface area contributed by atoms with Crippen LogP contribution in [0.5, 0.6) is 0 Å². The molecule has 0 saturated carbocycles. The van der Waals surface area contributed by atoms with E-state index >= 15 is 0 Å². The molecule has 0 saturated heterocycles. The van der Waals surface area contributed by atoms with E-state index in [1.807, 2.05) is 43.3 Å². The van der Waals surface area contributed by atoms with Gasteiger partial charge in [-0.25, -0.2) is 9.97 Å². The normalized spacial score (nSPS) is 11.1. The largest absolute Gasteiger partial charge is 0.393 e. The summed E-state index contributed by atoms with van der Waals surface area (Å²) in [5.74, 6) is 1.23. The number of pyridine rings is 1. The van der Waals surface area contributed by atoms with Crippen LogP contribution in [0.15, 0.2) is 79.1 Å². The molecule has 0 unspecified atom stereocenters. The Morgan fingerprint density at radius 3 is 2.53 bits per heavy atom. The van der Waals surface area contributed by atoms with Gasteiger partial charge in [-0.2, -0.15) is 0 Å². The van der Waals surface area contributed by atoms with E-state index in [0.29, 0.717) is 23.9 Å². The minimum absolute atomic E-state index is 0.493. The number of benzene rings is 3. The van der Waals surface area contributed by atoms with Gasteiger partial charge in [0, 0.05) is 23.0 Å². The number of nitrogens with two attached hydrogens (primary N) is 1. The van der Waals surface area contributed by atoms with Crippen molar-refractivity contribution in [2.75, 3.05) is 22.5 Å². The summed E-state index contributed by atoms with van der Waals surface area (Å²) in [6, 6.07) is 24.7. The van der Waals surface area contributed by atoms with Crippen molar-refractivity contribution in [1.29, 1.82) is 0 Å². The van der Waals surface area contributed by atoms with Crippen molar-refractivity contribution in [3.63, 3.8) is 0 Å². The molecule has 3 N–H and O–H groups in total. The predicted octanol–water partition coefficient (Wildman–Crippen LogP) is 5.97. The van der Waals surface area contributed by atoms with Gasteiger partial charge in [0.2, 0.25) is 0 Å².